The van der Waals surface area contributed by atoms with Crippen molar-refractivity contribution in [3.63, 3.8) is 0 Å². The Bertz CT molecular complexity index is 584. The third-order valence-electron chi connectivity index (χ3n) is 3.16. The Morgan fingerprint density at radius 3 is 2.52 bits per heavy atom. The van der Waals surface area contributed by atoms with Crippen LogP contribution in [0.2, 0.25) is 0 Å². The second-order valence-electron chi connectivity index (χ2n) is 5.09. The van der Waals surface area contributed by atoms with E-state index in [4.69, 9.17) is 10.5 Å². The van der Waals surface area contributed by atoms with E-state index in [2.05, 4.69) is 59.1 Å². The van der Waals surface area contributed by atoms with Gasteiger partial charge < -0.3 is 15.4 Å². The molecule has 0 radical (unpaired) electrons. The minimum Gasteiger partial charge on any atom is -0.493 e. The molecule has 112 valence electrons. The average Bonchev–Trinajstić information content (AvgIpc) is 2.47. The summed E-state index contributed by atoms with van der Waals surface area (Å²) in [6.07, 6.45) is 0.985. The molecule has 0 fully saturated rings. The number of hydrogen-bond acceptors (Lipinski definition) is 3. The zero-order valence-electron chi connectivity index (χ0n) is 12.5. The Kier molecular flexibility index (Phi) is 5.51. The highest BCUT2D eigenvalue weighted by Gasteiger charge is 2.06. The Balaban J connectivity index is 2.12. The molecule has 0 heterocycles. The molecule has 2 rings (SSSR count). The van der Waals surface area contributed by atoms with E-state index in [1.807, 2.05) is 18.2 Å². The molecule has 2 aromatic rings. The lowest BCUT2D eigenvalue weighted by Gasteiger charge is -2.21. The summed E-state index contributed by atoms with van der Waals surface area (Å²) < 4.78 is 6.77. The third kappa shape index (κ3) is 4.67. The lowest BCUT2D eigenvalue weighted by Crippen LogP contribution is -2.16. The van der Waals surface area contributed by atoms with Crippen LogP contribution in [-0.2, 0) is 6.54 Å². The van der Waals surface area contributed by atoms with Crippen LogP contribution in [0.4, 0.5) is 11.4 Å². The van der Waals surface area contributed by atoms with Crippen molar-refractivity contribution < 1.29 is 4.74 Å². The van der Waals surface area contributed by atoms with E-state index in [1.54, 1.807) is 0 Å². The van der Waals surface area contributed by atoms with Crippen LogP contribution < -0.4 is 15.4 Å². The molecular weight excluding hydrogens is 328 g/mol. The highest BCUT2D eigenvalue weighted by Crippen LogP contribution is 2.26. The van der Waals surface area contributed by atoms with Crippen LogP contribution in [0.1, 0.15) is 18.9 Å². The molecule has 0 saturated heterocycles. The van der Waals surface area contributed by atoms with E-state index in [-0.39, 0.29) is 0 Å². The summed E-state index contributed by atoms with van der Waals surface area (Å²) in [6.45, 7) is 3.62. The van der Waals surface area contributed by atoms with Crippen molar-refractivity contribution >= 4 is 27.3 Å². The summed E-state index contributed by atoms with van der Waals surface area (Å²) in [6, 6.07) is 14.2. The van der Waals surface area contributed by atoms with E-state index >= 15 is 0 Å². The maximum Gasteiger partial charge on any atom is 0.123 e. The molecule has 0 aliphatic rings. The first-order chi connectivity index (χ1) is 10.1. The first kappa shape index (κ1) is 15.7. The van der Waals surface area contributed by atoms with Gasteiger partial charge in [0, 0.05) is 41.6 Å². The third-order valence-corrected chi connectivity index (χ3v) is 3.69. The van der Waals surface area contributed by atoms with Crippen LogP contribution in [0.3, 0.4) is 0 Å². The predicted molar refractivity (Wildman–Crippen MR) is 92.9 cm³/mol. The van der Waals surface area contributed by atoms with Gasteiger partial charge in [-0.25, -0.2) is 0 Å². The molecule has 2 aromatic carbocycles. The number of nitrogen functional groups attached to an aromatic ring is 1. The zero-order chi connectivity index (χ0) is 15.2. The fourth-order valence-electron chi connectivity index (χ4n) is 2.08. The van der Waals surface area contributed by atoms with Crippen molar-refractivity contribution in [2.75, 3.05) is 24.3 Å². The number of rotatable bonds is 6. The van der Waals surface area contributed by atoms with Gasteiger partial charge in [-0.2, -0.15) is 0 Å². The van der Waals surface area contributed by atoms with Gasteiger partial charge in [0.25, 0.3) is 0 Å². The number of benzene rings is 2. The van der Waals surface area contributed by atoms with Gasteiger partial charge in [0.1, 0.15) is 5.75 Å². The van der Waals surface area contributed by atoms with Crippen LogP contribution in [0, 0.1) is 0 Å². The first-order valence-corrected chi connectivity index (χ1v) is 7.86. The lowest BCUT2D eigenvalue weighted by atomic mass is 10.2. The van der Waals surface area contributed by atoms with Crippen molar-refractivity contribution in [1.82, 2.24) is 0 Å². The van der Waals surface area contributed by atoms with Crippen molar-refractivity contribution in [2.24, 2.45) is 0 Å². The molecule has 0 unspecified atom stereocenters. The summed E-state index contributed by atoms with van der Waals surface area (Å²) in [5.74, 6) is 0.828. The Labute approximate surface area is 134 Å². The molecule has 0 spiro atoms. The summed E-state index contributed by atoms with van der Waals surface area (Å²) in [5, 5.41) is 0. The molecule has 0 amide bonds. The van der Waals surface area contributed by atoms with Crippen molar-refractivity contribution in [2.45, 2.75) is 19.9 Å². The number of hydrogen-bond donors (Lipinski definition) is 1. The maximum absolute atomic E-state index is 5.97. The molecule has 0 aromatic heterocycles. The van der Waals surface area contributed by atoms with E-state index in [0.29, 0.717) is 6.61 Å². The minimum absolute atomic E-state index is 0.708. The normalized spacial score (nSPS) is 10.4. The predicted octanol–water partition coefficient (Wildman–Crippen LogP) is 4.46. The Morgan fingerprint density at radius 1 is 1.14 bits per heavy atom. The topological polar surface area (TPSA) is 38.5 Å². The van der Waals surface area contributed by atoms with Gasteiger partial charge in [-0.15, -0.1) is 0 Å². The maximum atomic E-state index is 5.97. The van der Waals surface area contributed by atoms with Crippen LogP contribution in [0.15, 0.2) is 46.9 Å². The molecule has 0 saturated carbocycles. The fourth-order valence-corrected chi connectivity index (χ4v) is 2.35. The van der Waals surface area contributed by atoms with E-state index in [1.165, 1.54) is 5.56 Å². The summed E-state index contributed by atoms with van der Waals surface area (Å²) in [4.78, 5) is 2.17. The number of ether oxygens (including phenoxy) is 1. The highest BCUT2D eigenvalue weighted by molar-refractivity contribution is 9.10. The van der Waals surface area contributed by atoms with Gasteiger partial charge in [0.2, 0.25) is 0 Å². The molecule has 0 aliphatic heterocycles. The molecular formula is C17H21BrN2O. The van der Waals surface area contributed by atoms with Crippen LogP contribution in [0.5, 0.6) is 5.75 Å². The van der Waals surface area contributed by atoms with Crippen molar-refractivity contribution in [3.8, 4) is 5.75 Å². The van der Waals surface area contributed by atoms with Crippen LogP contribution in [0.25, 0.3) is 0 Å². The molecule has 4 heteroatoms. The smallest absolute Gasteiger partial charge is 0.123 e. The molecule has 0 bridgehead atoms. The van der Waals surface area contributed by atoms with Gasteiger partial charge >= 0.3 is 0 Å². The summed E-state index contributed by atoms with van der Waals surface area (Å²) in [7, 11) is 2.06. The van der Waals surface area contributed by atoms with E-state index in [0.717, 1.165) is 34.6 Å². The van der Waals surface area contributed by atoms with Crippen molar-refractivity contribution in [1.29, 1.82) is 0 Å². The largest absolute Gasteiger partial charge is 0.493 e. The number of nitrogens with zero attached hydrogens (tertiary/aromatic N) is 1. The van der Waals surface area contributed by atoms with Crippen LogP contribution >= 0.6 is 15.9 Å². The Morgan fingerprint density at radius 2 is 1.86 bits per heavy atom. The number of anilines is 2. The van der Waals surface area contributed by atoms with Crippen molar-refractivity contribution in [3.05, 3.63) is 52.5 Å². The molecule has 21 heavy (non-hydrogen) atoms. The SMILES string of the molecule is CCCOc1cc(N)cc(N(C)Cc2ccc(Br)cc2)c1. The standard InChI is InChI=1S/C17H21BrN2O/c1-3-8-21-17-10-15(19)9-16(11-17)20(2)12-13-4-6-14(18)7-5-13/h4-7,9-11H,3,8,12,19H2,1-2H3. The van der Waals surface area contributed by atoms with E-state index in [9.17, 15) is 0 Å². The first-order valence-electron chi connectivity index (χ1n) is 7.07. The Hall–Kier alpha value is -1.68. The molecule has 0 atom stereocenters. The molecule has 3 nitrogen and oxygen atoms in total. The monoisotopic (exact) mass is 348 g/mol. The van der Waals surface area contributed by atoms with Gasteiger partial charge in [-0.05, 0) is 30.2 Å². The second-order valence-corrected chi connectivity index (χ2v) is 6.01. The average molecular weight is 349 g/mol. The minimum atomic E-state index is 0.708. The van der Waals surface area contributed by atoms with Gasteiger partial charge in [0.05, 0.1) is 6.61 Å². The molecule has 0 aliphatic carbocycles. The fraction of sp³-hybridized carbons (Fsp3) is 0.294. The summed E-state index contributed by atoms with van der Waals surface area (Å²) in [5.41, 5.74) is 9.00. The number of nitrogens with two attached hydrogens (primary N) is 1. The zero-order valence-corrected chi connectivity index (χ0v) is 14.1. The summed E-state index contributed by atoms with van der Waals surface area (Å²) >= 11 is 3.45. The second kappa shape index (κ2) is 7.36. The van der Waals surface area contributed by atoms with Gasteiger partial charge in [-0.3, -0.25) is 0 Å². The number of halogens is 1. The van der Waals surface area contributed by atoms with E-state index < -0.39 is 0 Å². The quantitative estimate of drug-likeness (QED) is 0.783. The van der Waals surface area contributed by atoms with Gasteiger partial charge in [-0.1, -0.05) is 35.0 Å². The van der Waals surface area contributed by atoms with Gasteiger partial charge in [0.15, 0.2) is 0 Å². The lowest BCUT2D eigenvalue weighted by molar-refractivity contribution is 0.317. The highest BCUT2D eigenvalue weighted by atomic mass is 79.9. The van der Waals surface area contributed by atoms with Crippen LogP contribution in [-0.4, -0.2) is 13.7 Å². The molecule has 2 N–H and O–H groups in total.